The molecule has 0 aliphatic carbocycles. The molecular weight excluding hydrogens is 248 g/mol. The topological polar surface area (TPSA) is 49.4 Å². The predicted molar refractivity (Wildman–Crippen MR) is 73.8 cm³/mol. The van der Waals surface area contributed by atoms with Crippen LogP contribution in [-0.2, 0) is 16.6 Å². The highest BCUT2D eigenvalue weighted by molar-refractivity contribution is 7.89. The van der Waals surface area contributed by atoms with Crippen LogP contribution in [0.25, 0.3) is 0 Å². The smallest absolute Gasteiger partial charge is 0.243 e. The van der Waals surface area contributed by atoms with Crippen molar-refractivity contribution in [2.75, 3.05) is 20.1 Å². The number of benzene rings is 1. The summed E-state index contributed by atoms with van der Waals surface area (Å²) in [5, 5.41) is 3.14. The maximum absolute atomic E-state index is 12.4. The minimum atomic E-state index is -3.44. The molecule has 0 fully saturated rings. The summed E-state index contributed by atoms with van der Waals surface area (Å²) < 4.78 is 26.0. The first kappa shape index (κ1) is 14.9. The lowest BCUT2D eigenvalue weighted by Crippen LogP contribution is -2.28. The lowest BCUT2D eigenvalue weighted by molar-refractivity contribution is 0.498. The summed E-state index contributed by atoms with van der Waals surface area (Å²) in [6.07, 6.45) is 1.57. The van der Waals surface area contributed by atoms with Crippen molar-refractivity contribution < 1.29 is 8.42 Å². The molecule has 0 unspecified atom stereocenters. The third-order valence-corrected chi connectivity index (χ3v) is 4.54. The van der Waals surface area contributed by atoms with Crippen LogP contribution in [0.4, 0.5) is 0 Å². The third kappa shape index (κ3) is 3.41. The van der Waals surface area contributed by atoms with Crippen LogP contribution in [0, 0.1) is 0 Å². The van der Waals surface area contributed by atoms with Gasteiger partial charge in [0.05, 0.1) is 4.90 Å². The number of rotatable bonds is 7. The maximum Gasteiger partial charge on any atom is 0.243 e. The van der Waals surface area contributed by atoms with Crippen molar-refractivity contribution in [1.29, 1.82) is 0 Å². The minimum absolute atomic E-state index is 0.303. The minimum Gasteiger partial charge on any atom is -0.313 e. The van der Waals surface area contributed by atoms with Crippen LogP contribution in [0.1, 0.15) is 12.5 Å². The molecule has 0 bridgehead atoms. The molecular formula is C13H20N2O2S. The van der Waals surface area contributed by atoms with Crippen LogP contribution in [0.15, 0.2) is 41.8 Å². The molecule has 100 valence electrons. The summed E-state index contributed by atoms with van der Waals surface area (Å²) in [5.74, 6) is 0. The molecule has 0 radical (unpaired) electrons. The molecule has 0 saturated heterocycles. The monoisotopic (exact) mass is 268 g/mol. The van der Waals surface area contributed by atoms with Crippen molar-refractivity contribution in [2.24, 2.45) is 0 Å². The lowest BCUT2D eigenvalue weighted by Gasteiger charge is -2.17. The van der Waals surface area contributed by atoms with E-state index in [1.807, 2.05) is 19.1 Å². The number of sulfonamides is 1. The van der Waals surface area contributed by atoms with Gasteiger partial charge in [-0.05, 0) is 18.2 Å². The fraction of sp³-hybridized carbons (Fsp3) is 0.385. The number of nitrogens with one attached hydrogen (secondary N) is 1. The Hall–Kier alpha value is -1.17. The van der Waals surface area contributed by atoms with Gasteiger partial charge in [0.25, 0.3) is 0 Å². The van der Waals surface area contributed by atoms with Gasteiger partial charge in [-0.1, -0.05) is 31.2 Å². The Morgan fingerprint density at radius 1 is 1.39 bits per heavy atom. The first-order valence-corrected chi connectivity index (χ1v) is 7.34. The molecule has 0 heterocycles. The van der Waals surface area contributed by atoms with Crippen molar-refractivity contribution in [2.45, 2.75) is 18.4 Å². The van der Waals surface area contributed by atoms with Crippen LogP contribution >= 0.6 is 0 Å². The average Bonchev–Trinajstić information content (AvgIpc) is 2.37. The van der Waals surface area contributed by atoms with Gasteiger partial charge in [0.1, 0.15) is 0 Å². The van der Waals surface area contributed by atoms with E-state index in [1.54, 1.807) is 25.3 Å². The van der Waals surface area contributed by atoms with Gasteiger partial charge in [0.2, 0.25) is 10.0 Å². The Labute approximate surface area is 109 Å². The number of likely N-dealkylation sites (N-methyl/N-ethyl adjacent to an activating group) is 1. The number of nitrogens with zero attached hydrogens (tertiary/aromatic N) is 1. The van der Waals surface area contributed by atoms with E-state index in [0.29, 0.717) is 18.0 Å². The highest BCUT2D eigenvalue weighted by Gasteiger charge is 2.22. The molecule has 0 saturated carbocycles. The van der Waals surface area contributed by atoms with Gasteiger partial charge < -0.3 is 5.32 Å². The molecule has 4 nitrogen and oxygen atoms in total. The summed E-state index contributed by atoms with van der Waals surface area (Å²) in [5.41, 5.74) is 0.787. The molecule has 0 aliphatic rings. The van der Waals surface area contributed by atoms with Gasteiger partial charge in [-0.25, -0.2) is 8.42 Å². The molecule has 1 N–H and O–H groups in total. The lowest BCUT2D eigenvalue weighted by atomic mass is 10.2. The van der Waals surface area contributed by atoms with E-state index in [4.69, 9.17) is 0 Å². The van der Waals surface area contributed by atoms with Crippen molar-refractivity contribution in [3.63, 3.8) is 0 Å². The number of hydrogen-bond acceptors (Lipinski definition) is 3. The molecule has 1 rings (SSSR count). The van der Waals surface area contributed by atoms with Crippen LogP contribution < -0.4 is 5.32 Å². The van der Waals surface area contributed by atoms with Crippen molar-refractivity contribution in [3.05, 3.63) is 42.5 Å². The van der Waals surface area contributed by atoms with Crippen molar-refractivity contribution in [1.82, 2.24) is 9.62 Å². The van der Waals surface area contributed by atoms with E-state index in [-0.39, 0.29) is 0 Å². The van der Waals surface area contributed by atoms with Crippen LogP contribution in [0.2, 0.25) is 0 Å². The summed E-state index contributed by atoms with van der Waals surface area (Å²) >= 11 is 0. The van der Waals surface area contributed by atoms with E-state index in [2.05, 4.69) is 11.9 Å². The SMILES string of the molecule is C=CCN(C)S(=O)(=O)c1ccccc1CNCC. The molecule has 0 atom stereocenters. The van der Waals surface area contributed by atoms with Crippen molar-refractivity contribution in [3.8, 4) is 0 Å². The maximum atomic E-state index is 12.4. The fourth-order valence-electron chi connectivity index (χ4n) is 1.61. The van der Waals surface area contributed by atoms with Gasteiger partial charge in [-0.2, -0.15) is 4.31 Å². The van der Waals surface area contributed by atoms with Crippen LogP contribution in [0.5, 0.6) is 0 Å². The molecule has 18 heavy (non-hydrogen) atoms. The Balaban J connectivity index is 3.11. The van der Waals surface area contributed by atoms with E-state index >= 15 is 0 Å². The van der Waals surface area contributed by atoms with E-state index < -0.39 is 10.0 Å². The van der Waals surface area contributed by atoms with Gasteiger partial charge in [0, 0.05) is 20.1 Å². The highest BCUT2D eigenvalue weighted by Crippen LogP contribution is 2.19. The normalized spacial score (nSPS) is 11.7. The number of hydrogen-bond donors (Lipinski definition) is 1. The second kappa shape index (κ2) is 6.68. The summed E-state index contributed by atoms with van der Waals surface area (Å²) in [6, 6.07) is 7.06. The fourth-order valence-corrected chi connectivity index (χ4v) is 2.97. The molecule has 0 spiro atoms. The molecule has 0 amide bonds. The summed E-state index contributed by atoms with van der Waals surface area (Å²) in [6.45, 7) is 7.20. The van der Waals surface area contributed by atoms with Crippen LogP contribution in [0.3, 0.4) is 0 Å². The zero-order valence-corrected chi connectivity index (χ0v) is 11.7. The van der Waals surface area contributed by atoms with Gasteiger partial charge >= 0.3 is 0 Å². The molecule has 5 heteroatoms. The Bertz CT molecular complexity index is 497. The zero-order valence-electron chi connectivity index (χ0n) is 10.9. The summed E-state index contributed by atoms with van der Waals surface area (Å²) in [7, 11) is -1.88. The second-order valence-corrected chi connectivity index (χ2v) is 5.98. The van der Waals surface area contributed by atoms with Gasteiger partial charge in [0.15, 0.2) is 0 Å². The molecule has 0 aromatic heterocycles. The third-order valence-electron chi connectivity index (χ3n) is 2.61. The van der Waals surface area contributed by atoms with Crippen molar-refractivity contribution >= 4 is 10.0 Å². The van der Waals surface area contributed by atoms with Crippen LogP contribution in [-0.4, -0.2) is 32.9 Å². The second-order valence-electron chi connectivity index (χ2n) is 3.96. The highest BCUT2D eigenvalue weighted by atomic mass is 32.2. The van der Waals surface area contributed by atoms with E-state index in [9.17, 15) is 8.42 Å². The molecule has 1 aromatic carbocycles. The largest absolute Gasteiger partial charge is 0.313 e. The standard InChI is InChI=1S/C13H20N2O2S/c1-4-10-15(3)18(16,17)13-9-7-6-8-12(13)11-14-5-2/h4,6-9,14H,1,5,10-11H2,2-3H3. The quantitative estimate of drug-likeness (QED) is 0.764. The molecule has 0 aliphatic heterocycles. The zero-order chi connectivity index (χ0) is 13.6. The first-order chi connectivity index (χ1) is 8.54. The van der Waals surface area contributed by atoms with E-state index in [1.165, 1.54) is 4.31 Å². The van der Waals surface area contributed by atoms with E-state index in [0.717, 1.165) is 12.1 Å². The van der Waals surface area contributed by atoms with Gasteiger partial charge in [-0.15, -0.1) is 6.58 Å². The first-order valence-electron chi connectivity index (χ1n) is 5.90. The summed E-state index contributed by atoms with van der Waals surface area (Å²) in [4.78, 5) is 0.357. The predicted octanol–water partition coefficient (Wildman–Crippen LogP) is 1.60. The Morgan fingerprint density at radius 3 is 2.67 bits per heavy atom. The average molecular weight is 268 g/mol. The Morgan fingerprint density at radius 2 is 2.06 bits per heavy atom. The Kier molecular flexibility index (Phi) is 5.53. The van der Waals surface area contributed by atoms with Gasteiger partial charge in [-0.3, -0.25) is 0 Å². The molecule has 1 aromatic rings.